The highest BCUT2D eigenvalue weighted by molar-refractivity contribution is 5.94. The third-order valence-electron chi connectivity index (χ3n) is 3.35. The first-order chi connectivity index (χ1) is 9.16. The molecular weight excluding hydrogens is 244 g/mol. The van der Waals surface area contributed by atoms with Gasteiger partial charge >= 0.3 is 5.97 Å². The highest BCUT2D eigenvalue weighted by Crippen LogP contribution is 2.31. The number of ether oxygens (including phenoxy) is 1. The Morgan fingerprint density at radius 2 is 2.32 bits per heavy atom. The van der Waals surface area contributed by atoms with Gasteiger partial charge in [0.25, 0.3) is 0 Å². The number of hydrogen-bond donors (Lipinski definition) is 1. The Morgan fingerprint density at radius 1 is 1.47 bits per heavy atom. The smallest absolute Gasteiger partial charge is 0.339 e. The molecule has 0 spiro atoms. The van der Waals surface area contributed by atoms with E-state index >= 15 is 0 Å². The van der Waals surface area contributed by atoms with Gasteiger partial charge in [-0.15, -0.1) is 0 Å². The van der Waals surface area contributed by atoms with E-state index in [4.69, 9.17) is 4.74 Å². The predicted octanol–water partition coefficient (Wildman–Crippen LogP) is 2.11. The van der Waals surface area contributed by atoms with Gasteiger partial charge in [-0.1, -0.05) is 0 Å². The van der Waals surface area contributed by atoms with Crippen molar-refractivity contribution < 1.29 is 14.6 Å². The molecule has 0 bridgehead atoms. The maximum absolute atomic E-state index is 11.2. The molecule has 1 aromatic heterocycles. The van der Waals surface area contributed by atoms with Crippen molar-refractivity contribution in [1.29, 1.82) is 0 Å². The summed E-state index contributed by atoms with van der Waals surface area (Å²) in [5.41, 5.74) is 2.84. The molecule has 2 aromatic rings. The van der Waals surface area contributed by atoms with Crippen LogP contribution in [0.15, 0.2) is 24.4 Å². The Balaban J connectivity index is 2.12. The van der Waals surface area contributed by atoms with Gasteiger partial charge < -0.3 is 9.84 Å². The fourth-order valence-electron chi connectivity index (χ4n) is 2.44. The van der Waals surface area contributed by atoms with Gasteiger partial charge in [-0.2, -0.15) is 5.10 Å². The van der Waals surface area contributed by atoms with Gasteiger partial charge in [-0.25, -0.2) is 4.79 Å². The lowest BCUT2D eigenvalue weighted by molar-refractivity contribution is 0.0697. The van der Waals surface area contributed by atoms with Crippen molar-refractivity contribution in [3.8, 4) is 17.0 Å². The Hall–Kier alpha value is -2.30. The number of benzene rings is 1. The molecular formula is C14H14N2O3. The first-order valence-corrected chi connectivity index (χ1v) is 6.18. The Kier molecular flexibility index (Phi) is 2.74. The lowest BCUT2D eigenvalue weighted by Gasteiger charge is -2.18. The molecule has 0 saturated heterocycles. The average Bonchev–Trinajstić information content (AvgIpc) is 2.80. The van der Waals surface area contributed by atoms with Gasteiger partial charge in [0.2, 0.25) is 0 Å². The molecule has 0 amide bonds. The molecule has 1 N–H and O–H groups in total. The van der Waals surface area contributed by atoms with Crippen molar-refractivity contribution in [1.82, 2.24) is 9.78 Å². The summed E-state index contributed by atoms with van der Waals surface area (Å²) in [5.74, 6) is -0.0638. The number of fused-ring (bicyclic) bond motifs is 1. The third kappa shape index (κ3) is 1.97. The Morgan fingerprint density at radius 3 is 3.11 bits per heavy atom. The van der Waals surface area contributed by atoms with Crippen molar-refractivity contribution >= 4 is 5.97 Å². The van der Waals surface area contributed by atoms with Crippen LogP contribution in [0.2, 0.25) is 0 Å². The van der Waals surface area contributed by atoms with Crippen LogP contribution < -0.4 is 4.74 Å². The van der Waals surface area contributed by atoms with Crippen molar-refractivity contribution in [2.75, 3.05) is 6.61 Å². The first-order valence-electron chi connectivity index (χ1n) is 6.18. The highest BCUT2D eigenvalue weighted by atomic mass is 16.5. The zero-order valence-electron chi connectivity index (χ0n) is 10.6. The number of rotatable bonds is 2. The minimum Gasteiger partial charge on any atom is -0.493 e. The molecule has 0 aliphatic carbocycles. The van der Waals surface area contributed by atoms with Crippen LogP contribution in [0.3, 0.4) is 0 Å². The van der Waals surface area contributed by atoms with Gasteiger partial charge in [0, 0.05) is 12.6 Å². The molecule has 0 fully saturated rings. The quantitative estimate of drug-likeness (QED) is 0.896. The van der Waals surface area contributed by atoms with E-state index in [0.717, 1.165) is 36.3 Å². The lowest BCUT2D eigenvalue weighted by Crippen LogP contribution is -2.08. The van der Waals surface area contributed by atoms with Crippen LogP contribution in [0.25, 0.3) is 11.3 Å². The van der Waals surface area contributed by atoms with Crippen LogP contribution >= 0.6 is 0 Å². The molecule has 0 atom stereocenters. The standard InChI is InChI=1S/C14H14N2O3/c1-16-13(11(8-15-16)14(17)18)10-4-5-12-9(7-10)3-2-6-19-12/h4-5,7-8H,2-3,6H2,1H3,(H,17,18). The van der Waals surface area contributed by atoms with Crippen LogP contribution in [0, 0.1) is 0 Å². The minimum absolute atomic E-state index is 0.221. The van der Waals surface area contributed by atoms with Gasteiger partial charge in [0.05, 0.1) is 18.5 Å². The van der Waals surface area contributed by atoms with Gasteiger partial charge in [-0.3, -0.25) is 4.68 Å². The third-order valence-corrected chi connectivity index (χ3v) is 3.35. The summed E-state index contributed by atoms with van der Waals surface area (Å²) < 4.78 is 7.16. The number of hydrogen-bond acceptors (Lipinski definition) is 3. The van der Waals surface area contributed by atoms with Crippen LogP contribution in [0.4, 0.5) is 0 Å². The van der Waals surface area contributed by atoms with Crippen molar-refractivity contribution in [3.05, 3.63) is 35.5 Å². The molecule has 0 saturated carbocycles. The highest BCUT2D eigenvalue weighted by Gasteiger charge is 2.18. The molecule has 19 heavy (non-hydrogen) atoms. The van der Waals surface area contributed by atoms with Crippen molar-refractivity contribution in [2.24, 2.45) is 7.05 Å². The lowest BCUT2D eigenvalue weighted by atomic mass is 10.00. The molecule has 1 aliphatic rings. The molecule has 0 unspecified atom stereocenters. The number of aromatic nitrogens is 2. The van der Waals surface area contributed by atoms with Crippen molar-refractivity contribution in [3.63, 3.8) is 0 Å². The maximum Gasteiger partial charge on any atom is 0.339 e. The molecule has 3 rings (SSSR count). The summed E-state index contributed by atoms with van der Waals surface area (Å²) in [7, 11) is 1.75. The SMILES string of the molecule is Cn1ncc(C(=O)O)c1-c1ccc2c(c1)CCCO2. The summed E-state index contributed by atoms with van der Waals surface area (Å²) >= 11 is 0. The maximum atomic E-state index is 11.2. The normalized spacial score (nSPS) is 13.7. The second kappa shape index (κ2) is 4.42. The predicted molar refractivity (Wildman–Crippen MR) is 69.4 cm³/mol. The van der Waals surface area contributed by atoms with Gasteiger partial charge in [0.1, 0.15) is 11.3 Å². The van der Waals surface area contributed by atoms with Crippen molar-refractivity contribution in [2.45, 2.75) is 12.8 Å². The Bertz CT molecular complexity index is 646. The van der Waals surface area contributed by atoms with E-state index in [0.29, 0.717) is 5.69 Å². The number of nitrogens with zero attached hydrogens (tertiary/aromatic N) is 2. The van der Waals surface area contributed by atoms with E-state index in [-0.39, 0.29) is 5.56 Å². The molecule has 5 heteroatoms. The zero-order valence-corrected chi connectivity index (χ0v) is 10.6. The average molecular weight is 258 g/mol. The second-order valence-corrected chi connectivity index (χ2v) is 4.61. The van der Waals surface area contributed by atoms with E-state index in [9.17, 15) is 9.90 Å². The number of carboxylic acid groups (broad SMARTS) is 1. The van der Waals surface area contributed by atoms with Crippen LogP contribution in [0.5, 0.6) is 5.75 Å². The van der Waals surface area contributed by atoms with E-state index in [1.807, 2.05) is 18.2 Å². The summed E-state index contributed by atoms with van der Waals surface area (Å²) in [6, 6.07) is 5.79. The molecule has 0 radical (unpaired) electrons. The summed E-state index contributed by atoms with van der Waals surface area (Å²) in [6.07, 6.45) is 3.34. The van der Waals surface area contributed by atoms with Crippen LogP contribution in [-0.4, -0.2) is 27.5 Å². The van der Waals surface area contributed by atoms with E-state index < -0.39 is 5.97 Å². The zero-order chi connectivity index (χ0) is 13.4. The number of carboxylic acids is 1. The van der Waals surface area contributed by atoms with E-state index in [2.05, 4.69) is 5.10 Å². The van der Waals surface area contributed by atoms with Crippen LogP contribution in [0.1, 0.15) is 22.3 Å². The summed E-state index contributed by atoms with van der Waals surface area (Å²) in [4.78, 5) is 11.2. The number of aryl methyl sites for hydroxylation is 2. The molecule has 1 aromatic carbocycles. The van der Waals surface area contributed by atoms with Crippen LogP contribution in [-0.2, 0) is 13.5 Å². The number of aromatic carboxylic acids is 1. The molecule has 5 nitrogen and oxygen atoms in total. The Labute approximate surface area is 110 Å². The molecule has 2 heterocycles. The fourth-order valence-corrected chi connectivity index (χ4v) is 2.44. The largest absolute Gasteiger partial charge is 0.493 e. The second-order valence-electron chi connectivity index (χ2n) is 4.61. The van der Waals surface area contributed by atoms with E-state index in [1.54, 1.807) is 11.7 Å². The summed E-state index contributed by atoms with van der Waals surface area (Å²) in [6.45, 7) is 0.748. The topological polar surface area (TPSA) is 64.4 Å². The minimum atomic E-state index is -0.961. The fraction of sp³-hybridized carbons (Fsp3) is 0.286. The van der Waals surface area contributed by atoms with E-state index in [1.165, 1.54) is 6.20 Å². The number of carbonyl (C=O) groups is 1. The molecule has 1 aliphatic heterocycles. The van der Waals surface area contributed by atoms with Gasteiger partial charge in [0.15, 0.2) is 0 Å². The molecule has 98 valence electrons. The summed E-state index contributed by atoms with van der Waals surface area (Å²) in [5, 5.41) is 13.2. The first kappa shape index (κ1) is 11.8. The monoisotopic (exact) mass is 258 g/mol. The van der Waals surface area contributed by atoms with Gasteiger partial charge in [-0.05, 0) is 36.6 Å².